The molecule has 5 nitrogen and oxygen atoms in total. The summed E-state index contributed by atoms with van der Waals surface area (Å²) < 4.78 is 0.716. The molecule has 3 rings (SSSR count). The molecule has 0 fully saturated rings. The average molecular weight is 313 g/mol. The number of hydrogen-bond donors (Lipinski definition) is 1. The number of carbonyl (C=O) groups is 1. The second kappa shape index (κ2) is 5.48. The highest BCUT2D eigenvalue weighted by Gasteiger charge is 2.20. The normalized spacial score (nSPS) is 14.4. The van der Waals surface area contributed by atoms with Gasteiger partial charge in [-0.15, -0.1) is 21.5 Å². The van der Waals surface area contributed by atoms with E-state index in [-0.39, 0.29) is 5.75 Å². The van der Waals surface area contributed by atoms with Crippen LogP contribution in [0.15, 0.2) is 15.8 Å². The summed E-state index contributed by atoms with van der Waals surface area (Å²) in [5.74, 6) is -0.800. The topological polar surface area (TPSA) is 66.3 Å². The van der Waals surface area contributed by atoms with Gasteiger partial charge in [-0.25, -0.2) is 0 Å². The molecular weight excluding hydrogens is 302 g/mol. The van der Waals surface area contributed by atoms with Gasteiger partial charge in [-0.1, -0.05) is 23.1 Å². The van der Waals surface area contributed by atoms with Crippen molar-refractivity contribution in [2.24, 2.45) is 0 Å². The van der Waals surface area contributed by atoms with Crippen molar-refractivity contribution in [3.05, 3.63) is 21.9 Å². The van der Waals surface area contributed by atoms with Crippen LogP contribution >= 0.6 is 34.4 Å². The molecule has 8 heteroatoms. The van der Waals surface area contributed by atoms with Crippen molar-refractivity contribution in [3.8, 4) is 0 Å². The van der Waals surface area contributed by atoms with Crippen LogP contribution in [0.25, 0.3) is 0 Å². The number of thioether (sulfide) groups is 1. The van der Waals surface area contributed by atoms with Gasteiger partial charge in [0.05, 0.1) is 5.75 Å². The van der Waals surface area contributed by atoms with E-state index in [1.54, 1.807) is 0 Å². The minimum Gasteiger partial charge on any atom is -0.481 e. The van der Waals surface area contributed by atoms with Crippen LogP contribution in [0, 0.1) is 0 Å². The lowest BCUT2D eigenvalue weighted by Gasteiger charge is -2.25. The molecule has 2 aromatic heterocycles. The lowest BCUT2D eigenvalue weighted by atomic mass is 10.1. The Morgan fingerprint density at radius 2 is 2.42 bits per heavy atom. The van der Waals surface area contributed by atoms with Gasteiger partial charge < -0.3 is 10.0 Å². The molecule has 0 unspecified atom stereocenters. The molecule has 100 valence electrons. The molecule has 1 N–H and O–H groups in total. The van der Waals surface area contributed by atoms with E-state index in [0.29, 0.717) is 4.34 Å². The maximum absolute atomic E-state index is 10.5. The molecule has 1 aliphatic heterocycles. The molecule has 0 amide bonds. The number of hydrogen-bond acceptors (Lipinski definition) is 7. The SMILES string of the molecule is O=C(O)CSc1nnc(N2CCc3sccc3C2)s1. The number of carboxylic acid groups (broad SMARTS) is 1. The summed E-state index contributed by atoms with van der Waals surface area (Å²) in [4.78, 5) is 14.2. The molecule has 0 radical (unpaired) electrons. The smallest absolute Gasteiger partial charge is 0.313 e. The predicted octanol–water partition coefficient (Wildman–Crippen LogP) is 2.34. The summed E-state index contributed by atoms with van der Waals surface area (Å²) in [6.45, 7) is 1.82. The lowest BCUT2D eigenvalue weighted by molar-refractivity contribution is -0.133. The summed E-state index contributed by atoms with van der Waals surface area (Å²) >= 11 is 4.50. The van der Waals surface area contributed by atoms with E-state index >= 15 is 0 Å². The molecule has 1 aliphatic rings. The second-order valence-corrected chi connectivity index (χ2v) is 7.25. The summed E-state index contributed by atoms with van der Waals surface area (Å²) in [5, 5.41) is 19.8. The molecule has 2 aromatic rings. The van der Waals surface area contributed by atoms with E-state index in [1.165, 1.54) is 33.5 Å². The fraction of sp³-hybridized carbons (Fsp3) is 0.364. The highest BCUT2D eigenvalue weighted by molar-refractivity contribution is 8.01. The highest BCUT2D eigenvalue weighted by atomic mass is 32.2. The van der Waals surface area contributed by atoms with Crippen molar-refractivity contribution in [2.45, 2.75) is 17.3 Å². The van der Waals surface area contributed by atoms with Crippen molar-refractivity contribution in [1.29, 1.82) is 0 Å². The zero-order valence-electron chi connectivity index (χ0n) is 9.90. The molecule has 0 aromatic carbocycles. The lowest BCUT2D eigenvalue weighted by Crippen LogP contribution is -2.29. The minimum absolute atomic E-state index is 0.0311. The van der Waals surface area contributed by atoms with Gasteiger partial charge in [0, 0.05) is 18.0 Å². The van der Waals surface area contributed by atoms with E-state index in [1.807, 2.05) is 11.3 Å². The van der Waals surface area contributed by atoms with E-state index in [4.69, 9.17) is 5.11 Å². The van der Waals surface area contributed by atoms with Crippen molar-refractivity contribution >= 4 is 45.5 Å². The minimum atomic E-state index is -0.831. The molecule has 0 aliphatic carbocycles. The molecule has 0 spiro atoms. The number of fused-ring (bicyclic) bond motifs is 1. The van der Waals surface area contributed by atoms with Gasteiger partial charge in [-0.3, -0.25) is 4.79 Å². The van der Waals surface area contributed by atoms with Crippen LogP contribution in [0.3, 0.4) is 0 Å². The summed E-state index contributed by atoms with van der Waals surface area (Å²) in [6, 6.07) is 2.16. The molecule has 0 bridgehead atoms. The number of aromatic nitrogens is 2. The van der Waals surface area contributed by atoms with Gasteiger partial charge >= 0.3 is 5.97 Å². The van der Waals surface area contributed by atoms with Gasteiger partial charge in [0.1, 0.15) is 0 Å². The Hall–Kier alpha value is -1.12. The second-order valence-electron chi connectivity index (χ2n) is 4.07. The van der Waals surface area contributed by atoms with Crippen LogP contribution in [0.5, 0.6) is 0 Å². The molecule has 19 heavy (non-hydrogen) atoms. The first-order valence-corrected chi connectivity index (χ1v) is 8.39. The summed E-state index contributed by atoms with van der Waals surface area (Å²) in [7, 11) is 0. The summed E-state index contributed by atoms with van der Waals surface area (Å²) in [5.41, 5.74) is 1.37. The maximum atomic E-state index is 10.5. The van der Waals surface area contributed by atoms with Gasteiger partial charge in [0.15, 0.2) is 4.34 Å². The molecule has 0 saturated heterocycles. The Balaban J connectivity index is 1.68. The van der Waals surface area contributed by atoms with E-state index in [9.17, 15) is 4.79 Å². The van der Waals surface area contributed by atoms with Gasteiger partial charge in [0.2, 0.25) is 5.13 Å². The quantitative estimate of drug-likeness (QED) is 0.874. The van der Waals surface area contributed by atoms with E-state index in [0.717, 1.165) is 24.6 Å². The number of anilines is 1. The van der Waals surface area contributed by atoms with E-state index < -0.39 is 5.97 Å². The number of aliphatic carboxylic acids is 1. The number of nitrogens with zero attached hydrogens (tertiary/aromatic N) is 3. The van der Waals surface area contributed by atoms with Crippen LogP contribution in [-0.4, -0.2) is 33.6 Å². The largest absolute Gasteiger partial charge is 0.481 e. The van der Waals surface area contributed by atoms with Crippen LogP contribution in [-0.2, 0) is 17.8 Å². The molecule has 0 saturated carbocycles. The fourth-order valence-electron chi connectivity index (χ4n) is 1.92. The Morgan fingerprint density at radius 3 is 3.26 bits per heavy atom. The van der Waals surface area contributed by atoms with Crippen LogP contribution in [0.4, 0.5) is 5.13 Å². The third-order valence-electron chi connectivity index (χ3n) is 2.79. The van der Waals surface area contributed by atoms with Crippen molar-refractivity contribution in [2.75, 3.05) is 17.2 Å². The molecule has 0 atom stereocenters. The number of rotatable bonds is 4. The van der Waals surface area contributed by atoms with E-state index in [2.05, 4.69) is 26.5 Å². The molecular formula is C11H11N3O2S3. The number of carboxylic acids is 1. The Kier molecular flexibility index (Phi) is 3.72. The third-order valence-corrected chi connectivity index (χ3v) is 5.92. The Bertz CT molecular complexity index is 596. The van der Waals surface area contributed by atoms with Crippen molar-refractivity contribution in [3.63, 3.8) is 0 Å². The first-order chi connectivity index (χ1) is 9.22. The van der Waals surface area contributed by atoms with Crippen LogP contribution < -0.4 is 4.90 Å². The van der Waals surface area contributed by atoms with Crippen LogP contribution in [0.2, 0.25) is 0 Å². The van der Waals surface area contributed by atoms with Crippen molar-refractivity contribution < 1.29 is 9.90 Å². The van der Waals surface area contributed by atoms with Gasteiger partial charge in [-0.05, 0) is 23.4 Å². The first-order valence-electron chi connectivity index (χ1n) is 5.70. The number of thiophene rings is 1. The highest BCUT2D eigenvalue weighted by Crippen LogP contribution is 2.32. The average Bonchev–Trinajstić information content (AvgIpc) is 3.04. The van der Waals surface area contributed by atoms with Crippen molar-refractivity contribution in [1.82, 2.24) is 10.2 Å². The van der Waals surface area contributed by atoms with Gasteiger partial charge in [0.25, 0.3) is 0 Å². The molecule has 3 heterocycles. The third kappa shape index (κ3) is 2.90. The maximum Gasteiger partial charge on any atom is 0.313 e. The standard InChI is InChI=1S/C11H11N3O2S3/c15-9(16)6-18-11-13-12-10(19-11)14-3-1-8-7(5-14)2-4-17-8/h2,4H,1,3,5-6H2,(H,15,16). The van der Waals surface area contributed by atoms with Gasteiger partial charge in [-0.2, -0.15) is 0 Å². The monoisotopic (exact) mass is 313 g/mol. The Morgan fingerprint density at radius 1 is 1.53 bits per heavy atom. The zero-order chi connectivity index (χ0) is 13.2. The van der Waals surface area contributed by atoms with Crippen LogP contribution in [0.1, 0.15) is 10.4 Å². The first kappa shape index (κ1) is 12.9. The fourth-order valence-corrected chi connectivity index (χ4v) is 4.40. The summed E-state index contributed by atoms with van der Waals surface area (Å²) in [6.07, 6.45) is 1.05. The predicted molar refractivity (Wildman–Crippen MR) is 77.3 cm³/mol. The Labute approximate surface area is 122 Å². The zero-order valence-corrected chi connectivity index (χ0v) is 12.4.